The summed E-state index contributed by atoms with van der Waals surface area (Å²) in [5.74, 6) is -0.262. The number of nitrogens with zero attached hydrogens (tertiary/aromatic N) is 1. The van der Waals surface area contributed by atoms with Gasteiger partial charge in [0, 0.05) is 12.6 Å². The van der Waals surface area contributed by atoms with E-state index in [1.165, 1.54) is 12.1 Å². The highest BCUT2D eigenvalue weighted by Crippen LogP contribution is 2.65. The predicted octanol–water partition coefficient (Wildman–Crippen LogP) is 3.90. The molecule has 0 spiro atoms. The highest BCUT2D eigenvalue weighted by molar-refractivity contribution is 6.53. The quantitative estimate of drug-likeness (QED) is 0.772. The fraction of sp³-hybridized carbons (Fsp3) is 0.533. The molecule has 5 heteroatoms. The van der Waals surface area contributed by atoms with Gasteiger partial charge in [0.1, 0.15) is 10.2 Å². The Morgan fingerprint density at radius 3 is 2.35 bits per heavy atom. The molecule has 3 rings (SSSR count). The van der Waals surface area contributed by atoms with Crippen LogP contribution in [0.25, 0.3) is 0 Å². The van der Waals surface area contributed by atoms with Crippen molar-refractivity contribution in [2.24, 2.45) is 5.41 Å². The average Bonchev–Trinajstić information content (AvgIpc) is 3.27. The van der Waals surface area contributed by atoms with Crippen LogP contribution < -0.4 is 0 Å². The van der Waals surface area contributed by atoms with Crippen LogP contribution in [0, 0.1) is 11.2 Å². The second-order valence-electron chi connectivity index (χ2n) is 6.00. The fourth-order valence-corrected chi connectivity index (χ4v) is 3.18. The van der Waals surface area contributed by atoms with Crippen LogP contribution in [0.15, 0.2) is 24.3 Å². The van der Waals surface area contributed by atoms with E-state index >= 15 is 0 Å². The molecule has 0 heterocycles. The third-order valence-corrected chi connectivity index (χ3v) is 5.35. The van der Waals surface area contributed by atoms with Crippen molar-refractivity contribution in [2.75, 3.05) is 0 Å². The summed E-state index contributed by atoms with van der Waals surface area (Å²) >= 11 is 12.2. The van der Waals surface area contributed by atoms with Gasteiger partial charge in [-0.3, -0.25) is 4.79 Å². The summed E-state index contributed by atoms with van der Waals surface area (Å²) in [6.07, 6.45) is 2.52. The molecule has 2 aliphatic rings. The van der Waals surface area contributed by atoms with Crippen LogP contribution in [0.1, 0.15) is 31.7 Å². The second-order valence-corrected chi connectivity index (χ2v) is 7.49. The Morgan fingerprint density at radius 2 is 1.90 bits per heavy atom. The second kappa shape index (κ2) is 4.60. The molecule has 1 atom stereocenters. The third kappa shape index (κ3) is 2.42. The number of halogens is 3. The molecule has 2 aliphatic carbocycles. The fourth-order valence-electron chi connectivity index (χ4n) is 2.49. The number of carbonyl (C=O) groups is 1. The van der Waals surface area contributed by atoms with Gasteiger partial charge in [-0.1, -0.05) is 12.1 Å². The van der Waals surface area contributed by atoms with Gasteiger partial charge < -0.3 is 4.90 Å². The van der Waals surface area contributed by atoms with Crippen LogP contribution in [0.4, 0.5) is 4.39 Å². The molecule has 0 N–H and O–H groups in total. The van der Waals surface area contributed by atoms with Crippen LogP contribution in [-0.2, 0) is 11.3 Å². The van der Waals surface area contributed by atoms with E-state index in [1.54, 1.807) is 12.1 Å². The molecule has 2 saturated carbocycles. The number of benzene rings is 1. The van der Waals surface area contributed by atoms with Gasteiger partial charge in [-0.15, -0.1) is 23.2 Å². The van der Waals surface area contributed by atoms with Crippen molar-refractivity contribution in [2.45, 2.75) is 43.1 Å². The van der Waals surface area contributed by atoms with E-state index in [0.29, 0.717) is 13.0 Å². The molecule has 1 unspecified atom stereocenters. The monoisotopic (exact) mass is 315 g/mol. The summed E-state index contributed by atoms with van der Waals surface area (Å²) in [5.41, 5.74) is 0.240. The Balaban J connectivity index is 1.77. The minimum absolute atomic E-state index is 0.00863. The first kappa shape index (κ1) is 14.2. The van der Waals surface area contributed by atoms with Gasteiger partial charge in [0.05, 0.1) is 5.41 Å². The Labute approximate surface area is 127 Å². The van der Waals surface area contributed by atoms with Crippen LogP contribution in [0.2, 0.25) is 0 Å². The molecule has 0 radical (unpaired) electrons. The molecule has 1 amide bonds. The summed E-state index contributed by atoms with van der Waals surface area (Å²) < 4.78 is 12.0. The maximum Gasteiger partial charge on any atom is 0.232 e. The zero-order chi connectivity index (χ0) is 14.5. The van der Waals surface area contributed by atoms with Crippen molar-refractivity contribution in [3.63, 3.8) is 0 Å². The van der Waals surface area contributed by atoms with Crippen LogP contribution in [0.5, 0.6) is 0 Å². The molecule has 2 nitrogen and oxygen atoms in total. The predicted molar refractivity (Wildman–Crippen MR) is 77.1 cm³/mol. The van der Waals surface area contributed by atoms with Gasteiger partial charge in [-0.05, 0) is 43.9 Å². The first-order valence-electron chi connectivity index (χ1n) is 6.77. The van der Waals surface area contributed by atoms with Gasteiger partial charge >= 0.3 is 0 Å². The minimum Gasteiger partial charge on any atom is -0.335 e. The van der Waals surface area contributed by atoms with Crippen molar-refractivity contribution in [3.05, 3.63) is 35.6 Å². The maximum atomic E-state index is 12.9. The Bertz CT molecular complexity index is 541. The number of carbonyl (C=O) groups excluding carboxylic acids is 1. The van der Waals surface area contributed by atoms with Gasteiger partial charge in [-0.2, -0.15) is 0 Å². The van der Waals surface area contributed by atoms with Gasteiger partial charge in [0.25, 0.3) is 0 Å². The Morgan fingerprint density at radius 1 is 1.35 bits per heavy atom. The lowest BCUT2D eigenvalue weighted by molar-refractivity contribution is -0.137. The van der Waals surface area contributed by atoms with E-state index in [2.05, 4.69) is 0 Å². The summed E-state index contributed by atoms with van der Waals surface area (Å²) in [6, 6.07) is 6.52. The zero-order valence-corrected chi connectivity index (χ0v) is 12.7. The highest BCUT2D eigenvalue weighted by atomic mass is 35.5. The van der Waals surface area contributed by atoms with Gasteiger partial charge in [-0.25, -0.2) is 4.39 Å². The van der Waals surface area contributed by atoms with E-state index in [1.807, 2.05) is 11.8 Å². The molecule has 20 heavy (non-hydrogen) atoms. The molecule has 0 aromatic heterocycles. The van der Waals surface area contributed by atoms with Crippen molar-refractivity contribution in [3.8, 4) is 0 Å². The molecular weight excluding hydrogens is 300 g/mol. The minimum atomic E-state index is -0.944. The van der Waals surface area contributed by atoms with E-state index in [-0.39, 0.29) is 17.8 Å². The smallest absolute Gasteiger partial charge is 0.232 e. The third-order valence-electron chi connectivity index (χ3n) is 4.24. The largest absolute Gasteiger partial charge is 0.335 e. The lowest BCUT2D eigenvalue weighted by Crippen LogP contribution is -2.39. The summed E-state index contributed by atoms with van der Waals surface area (Å²) in [7, 11) is 0. The Kier molecular flexibility index (Phi) is 3.26. The average molecular weight is 316 g/mol. The first-order valence-corrected chi connectivity index (χ1v) is 7.52. The maximum absolute atomic E-state index is 12.9. The number of alkyl halides is 2. The van der Waals surface area contributed by atoms with Crippen molar-refractivity contribution in [1.29, 1.82) is 0 Å². The SMILES string of the molecule is CC1(C(=O)N(Cc2ccc(F)cc2)C2CC2)CC1(Cl)Cl. The molecule has 1 aromatic carbocycles. The van der Waals surface area contributed by atoms with Crippen LogP contribution >= 0.6 is 23.2 Å². The molecule has 0 aliphatic heterocycles. The highest BCUT2D eigenvalue weighted by Gasteiger charge is 2.69. The molecule has 2 fully saturated rings. The van der Waals surface area contributed by atoms with Crippen molar-refractivity contribution < 1.29 is 9.18 Å². The lowest BCUT2D eigenvalue weighted by Gasteiger charge is -2.26. The normalized spacial score (nSPS) is 27.2. The van der Waals surface area contributed by atoms with E-state index in [4.69, 9.17) is 23.2 Å². The lowest BCUT2D eigenvalue weighted by atomic mass is 10.1. The van der Waals surface area contributed by atoms with E-state index in [0.717, 1.165) is 18.4 Å². The molecular formula is C15H16Cl2FNO. The van der Waals surface area contributed by atoms with Gasteiger partial charge in [0.2, 0.25) is 5.91 Å². The molecule has 108 valence electrons. The van der Waals surface area contributed by atoms with E-state index in [9.17, 15) is 9.18 Å². The molecule has 1 aromatic rings. The topological polar surface area (TPSA) is 20.3 Å². The standard InChI is InChI=1S/C15H16Cl2FNO/c1-14(9-15(14,16)17)13(20)19(12-6-7-12)8-10-2-4-11(18)5-3-10/h2-5,12H,6-9H2,1H3. The Hall–Kier alpha value is -0.800. The van der Waals surface area contributed by atoms with E-state index < -0.39 is 9.75 Å². The first-order chi connectivity index (χ1) is 9.33. The summed E-state index contributed by atoms with van der Waals surface area (Å²) in [5, 5.41) is 0. The van der Waals surface area contributed by atoms with Crippen LogP contribution in [0.3, 0.4) is 0 Å². The number of hydrogen-bond acceptors (Lipinski definition) is 1. The number of amides is 1. The zero-order valence-electron chi connectivity index (χ0n) is 11.2. The van der Waals surface area contributed by atoms with Crippen molar-refractivity contribution in [1.82, 2.24) is 4.90 Å². The summed E-state index contributed by atoms with van der Waals surface area (Å²) in [4.78, 5) is 14.5. The summed E-state index contributed by atoms with van der Waals surface area (Å²) in [6.45, 7) is 2.30. The van der Waals surface area contributed by atoms with Crippen molar-refractivity contribution >= 4 is 29.1 Å². The molecule has 0 saturated heterocycles. The van der Waals surface area contributed by atoms with Crippen LogP contribution in [-0.4, -0.2) is 21.2 Å². The molecule has 0 bridgehead atoms. The number of rotatable bonds is 4. The van der Waals surface area contributed by atoms with Gasteiger partial charge in [0.15, 0.2) is 0 Å². The number of hydrogen-bond donors (Lipinski definition) is 0.